The van der Waals surface area contributed by atoms with Gasteiger partial charge < -0.3 is 5.32 Å². The lowest BCUT2D eigenvalue weighted by Crippen LogP contribution is -2.19. The van der Waals surface area contributed by atoms with Crippen LogP contribution in [0.3, 0.4) is 0 Å². The molecule has 0 aliphatic rings. The number of nitrogens with zero attached hydrogens (tertiary/aromatic N) is 2. The highest BCUT2D eigenvalue weighted by molar-refractivity contribution is 6.31. The molecule has 5 nitrogen and oxygen atoms in total. The standard InChI is InChI=1S/C18H17ClN4O/c1-11-6-8-13(9-7-11)10-16-17(24)21-18(23-22-16)20-15-5-3-4-14(19)12(15)2/h3-9H,10H2,1-2H3,(H2,20,21,23,24). The molecule has 3 aromatic rings. The number of H-pyrrole nitrogens is 1. The van der Waals surface area contributed by atoms with Crippen molar-refractivity contribution >= 4 is 23.2 Å². The molecule has 3 rings (SSSR count). The second kappa shape index (κ2) is 6.84. The number of hydrogen-bond donors (Lipinski definition) is 2. The van der Waals surface area contributed by atoms with Gasteiger partial charge in [-0.15, -0.1) is 10.2 Å². The van der Waals surface area contributed by atoms with Crippen molar-refractivity contribution in [1.82, 2.24) is 15.2 Å². The molecular formula is C18H17ClN4O. The normalized spacial score (nSPS) is 10.6. The van der Waals surface area contributed by atoms with E-state index in [0.29, 0.717) is 17.1 Å². The maximum Gasteiger partial charge on any atom is 0.274 e. The first kappa shape index (κ1) is 16.2. The highest BCUT2D eigenvalue weighted by atomic mass is 35.5. The van der Waals surface area contributed by atoms with Crippen molar-refractivity contribution in [2.24, 2.45) is 0 Å². The number of aromatic nitrogens is 3. The first-order chi connectivity index (χ1) is 11.5. The van der Waals surface area contributed by atoms with E-state index >= 15 is 0 Å². The molecule has 0 unspecified atom stereocenters. The number of rotatable bonds is 4. The minimum absolute atomic E-state index is 0.257. The van der Waals surface area contributed by atoms with E-state index in [1.54, 1.807) is 6.07 Å². The first-order valence-electron chi connectivity index (χ1n) is 7.56. The van der Waals surface area contributed by atoms with Gasteiger partial charge in [-0.3, -0.25) is 9.78 Å². The molecule has 0 amide bonds. The molecule has 0 aliphatic carbocycles. The largest absolute Gasteiger partial charge is 0.324 e. The van der Waals surface area contributed by atoms with Gasteiger partial charge in [-0.05, 0) is 37.1 Å². The van der Waals surface area contributed by atoms with E-state index in [2.05, 4.69) is 20.5 Å². The zero-order chi connectivity index (χ0) is 17.1. The Hall–Kier alpha value is -2.66. The average Bonchev–Trinajstić information content (AvgIpc) is 2.56. The molecule has 0 bridgehead atoms. The van der Waals surface area contributed by atoms with Crippen molar-refractivity contribution in [3.05, 3.63) is 80.2 Å². The molecular weight excluding hydrogens is 324 g/mol. The second-order valence-electron chi connectivity index (χ2n) is 5.65. The number of nitrogens with one attached hydrogen (secondary N) is 2. The van der Waals surface area contributed by atoms with Crippen molar-refractivity contribution in [2.75, 3.05) is 5.32 Å². The fraction of sp³-hybridized carbons (Fsp3) is 0.167. The minimum Gasteiger partial charge on any atom is -0.324 e. The monoisotopic (exact) mass is 340 g/mol. The predicted octanol–water partition coefficient (Wildman–Crippen LogP) is 3.77. The van der Waals surface area contributed by atoms with Gasteiger partial charge in [0, 0.05) is 17.1 Å². The Morgan fingerprint density at radius 2 is 1.83 bits per heavy atom. The van der Waals surface area contributed by atoms with Crippen LogP contribution < -0.4 is 10.9 Å². The van der Waals surface area contributed by atoms with Gasteiger partial charge in [0.15, 0.2) is 0 Å². The number of benzene rings is 2. The highest BCUT2D eigenvalue weighted by Gasteiger charge is 2.08. The summed E-state index contributed by atoms with van der Waals surface area (Å²) in [5.41, 5.74) is 3.98. The number of halogens is 1. The molecule has 2 N–H and O–H groups in total. The Bertz CT molecular complexity index is 919. The van der Waals surface area contributed by atoms with E-state index in [9.17, 15) is 4.79 Å². The van der Waals surface area contributed by atoms with Crippen molar-refractivity contribution in [2.45, 2.75) is 20.3 Å². The molecule has 0 atom stereocenters. The van der Waals surface area contributed by atoms with Crippen LogP contribution in [0.15, 0.2) is 47.3 Å². The summed E-state index contributed by atoms with van der Waals surface area (Å²) < 4.78 is 0. The fourth-order valence-electron chi connectivity index (χ4n) is 2.30. The minimum atomic E-state index is -0.257. The average molecular weight is 341 g/mol. The molecule has 0 spiro atoms. The maximum absolute atomic E-state index is 12.2. The third kappa shape index (κ3) is 3.63. The van der Waals surface area contributed by atoms with Gasteiger partial charge in [-0.2, -0.15) is 0 Å². The van der Waals surface area contributed by atoms with Crippen LogP contribution in [-0.4, -0.2) is 15.2 Å². The lowest BCUT2D eigenvalue weighted by Gasteiger charge is -2.09. The van der Waals surface area contributed by atoms with Gasteiger partial charge in [0.25, 0.3) is 5.56 Å². The summed E-state index contributed by atoms with van der Waals surface area (Å²) in [5.74, 6) is 0.290. The summed E-state index contributed by atoms with van der Waals surface area (Å²) in [6, 6.07) is 13.5. The summed E-state index contributed by atoms with van der Waals surface area (Å²) in [5, 5.41) is 11.8. The van der Waals surface area contributed by atoms with Crippen molar-refractivity contribution in [3.63, 3.8) is 0 Å². The lowest BCUT2D eigenvalue weighted by molar-refractivity contribution is 0.873. The Labute approximate surface area is 144 Å². The third-order valence-electron chi connectivity index (χ3n) is 3.78. The molecule has 0 radical (unpaired) electrons. The summed E-state index contributed by atoms with van der Waals surface area (Å²) in [6.07, 6.45) is 0.444. The van der Waals surface area contributed by atoms with Crippen LogP contribution in [0.4, 0.5) is 11.6 Å². The van der Waals surface area contributed by atoms with E-state index < -0.39 is 0 Å². The second-order valence-corrected chi connectivity index (χ2v) is 6.06. The molecule has 2 aromatic carbocycles. The molecule has 1 heterocycles. The predicted molar refractivity (Wildman–Crippen MR) is 96.1 cm³/mol. The summed E-state index contributed by atoms with van der Waals surface area (Å²) in [6.45, 7) is 3.91. The van der Waals surface area contributed by atoms with E-state index in [0.717, 1.165) is 16.8 Å². The Balaban J connectivity index is 1.81. The Morgan fingerprint density at radius 1 is 1.08 bits per heavy atom. The van der Waals surface area contributed by atoms with Gasteiger partial charge in [-0.25, -0.2) is 0 Å². The van der Waals surface area contributed by atoms with Gasteiger partial charge in [-0.1, -0.05) is 47.5 Å². The number of anilines is 2. The maximum atomic E-state index is 12.2. The van der Waals surface area contributed by atoms with Gasteiger partial charge in [0.05, 0.1) is 0 Å². The number of aromatic amines is 1. The van der Waals surface area contributed by atoms with Crippen LogP contribution >= 0.6 is 11.6 Å². The van der Waals surface area contributed by atoms with Crippen LogP contribution in [0.5, 0.6) is 0 Å². The molecule has 0 saturated carbocycles. The molecule has 24 heavy (non-hydrogen) atoms. The zero-order valence-corrected chi connectivity index (χ0v) is 14.2. The Kier molecular flexibility index (Phi) is 4.62. The van der Waals surface area contributed by atoms with E-state index in [1.807, 2.05) is 50.2 Å². The number of aryl methyl sites for hydroxylation is 1. The molecule has 0 aliphatic heterocycles. The molecule has 0 fully saturated rings. The Morgan fingerprint density at radius 3 is 2.54 bits per heavy atom. The molecule has 6 heteroatoms. The van der Waals surface area contributed by atoms with Crippen LogP contribution in [0.25, 0.3) is 0 Å². The SMILES string of the molecule is Cc1ccc(Cc2nnc(Nc3cccc(Cl)c3C)[nH]c2=O)cc1. The highest BCUT2D eigenvalue weighted by Crippen LogP contribution is 2.24. The lowest BCUT2D eigenvalue weighted by atomic mass is 10.1. The quantitative estimate of drug-likeness (QED) is 0.758. The van der Waals surface area contributed by atoms with Crippen molar-refractivity contribution < 1.29 is 0 Å². The first-order valence-corrected chi connectivity index (χ1v) is 7.94. The van der Waals surface area contributed by atoms with Crippen LogP contribution in [0.2, 0.25) is 5.02 Å². The van der Waals surface area contributed by atoms with Gasteiger partial charge >= 0.3 is 0 Å². The topological polar surface area (TPSA) is 70.7 Å². The summed E-state index contributed by atoms with van der Waals surface area (Å²) in [7, 11) is 0. The van der Waals surface area contributed by atoms with Gasteiger partial charge in [0.1, 0.15) is 5.69 Å². The van der Waals surface area contributed by atoms with Crippen LogP contribution in [0, 0.1) is 13.8 Å². The smallest absolute Gasteiger partial charge is 0.274 e. The summed E-state index contributed by atoms with van der Waals surface area (Å²) in [4.78, 5) is 14.9. The molecule has 122 valence electrons. The van der Waals surface area contributed by atoms with E-state index in [1.165, 1.54) is 5.56 Å². The zero-order valence-electron chi connectivity index (χ0n) is 13.4. The van der Waals surface area contributed by atoms with Gasteiger partial charge in [0.2, 0.25) is 5.95 Å². The van der Waals surface area contributed by atoms with E-state index in [4.69, 9.17) is 11.6 Å². The van der Waals surface area contributed by atoms with E-state index in [-0.39, 0.29) is 11.5 Å². The fourth-order valence-corrected chi connectivity index (χ4v) is 2.48. The summed E-state index contributed by atoms with van der Waals surface area (Å²) >= 11 is 6.09. The van der Waals surface area contributed by atoms with Crippen molar-refractivity contribution in [3.8, 4) is 0 Å². The third-order valence-corrected chi connectivity index (χ3v) is 4.19. The van der Waals surface area contributed by atoms with Crippen molar-refractivity contribution in [1.29, 1.82) is 0 Å². The molecule has 1 aromatic heterocycles. The number of hydrogen-bond acceptors (Lipinski definition) is 4. The van der Waals surface area contributed by atoms with Crippen LogP contribution in [-0.2, 0) is 6.42 Å². The van der Waals surface area contributed by atoms with Crippen LogP contribution in [0.1, 0.15) is 22.4 Å². The molecule has 0 saturated heterocycles.